The van der Waals surface area contributed by atoms with Crippen LogP contribution in [0.15, 0.2) is 40.2 Å². The average molecular weight is 727 g/mol. The number of aliphatic hydroxyl groups is 1. The van der Waals surface area contributed by atoms with Crippen molar-refractivity contribution in [2.45, 2.75) is 162 Å². The van der Waals surface area contributed by atoms with Crippen molar-refractivity contribution in [2.75, 3.05) is 23.3 Å². The van der Waals surface area contributed by atoms with Crippen LogP contribution in [0, 0.1) is 23.7 Å². The lowest BCUT2D eigenvalue weighted by molar-refractivity contribution is -0.131. The van der Waals surface area contributed by atoms with E-state index < -0.39 is 0 Å². The van der Waals surface area contributed by atoms with E-state index in [0.29, 0.717) is 46.7 Å². The van der Waals surface area contributed by atoms with E-state index in [9.17, 15) is 19.5 Å². The van der Waals surface area contributed by atoms with Crippen LogP contribution in [-0.2, 0) is 14.4 Å². The van der Waals surface area contributed by atoms with Gasteiger partial charge in [-0.25, -0.2) is 5.01 Å². The van der Waals surface area contributed by atoms with Crippen molar-refractivity contribution in [3.63, 3.8) is 0 Å². The van der Waals surface area contributed by atoms with Crippen molar-refractivity contribution >= 4 is 40.3 Å². The number of hydrogen-bond donors (Lipinski definition) is 2. The number of carbonyl (C=O) groups is 3. The van der Waals surface area contributed by atoms with Crippen molar-refractivity contribution in [3.8, 4) is 0 Å². The van der Waals surface area contributed by atoms with E-state index in [1.165, 1.54) is 64.2 Å². The normalized spacial score (nSPS) is 22.5. The summed E-state index contributed by atoms with van der Waals surface area (Å²) < 4.78 is 0. The highest BCUT2D eigenvalue weighted by molar-refractivity contribution is 6.44. The van der Waals surface area contributed by atoms with Gasteiger partial charge in [-0.15, -0.1) is 0 Å². The fraction of sp³-hybridized carbons (Fsp3) is 0.689. The number of carbonyl (C=O) groups excluding carboxylic acids is 3. The van der Waals surface area contributed by atoms with Gasteiger partial charge in [0.15, 0.2) is 0 Å². The molecule has 1 aromatic rings. The number of aliphatic hydroxyl groups excluding tert-OH is 1. The Morgan fingerprint density at radius 1 is 0.868 bits per heavy atom. The lowest BCUT2D eigenvalue weighted by Gasteiger charge is -2.41. The van der Waals surface area contributed by atoms with Crippen LogP contribution in [0.3, 0.4) is 0 Å². The topological polar surface area (TPSA) is 102 Å². The van der Waals surface area contributed by atoms with E-state index in [0.717, 1.165) is 76.6 Å². The summed E-state index contributed by atoms with van der Waals surface area (Å²) in [5.41, 5.74) is 3.26. The number of anilines is 2. The number of ketones is 1. The van der Waals surface area contributed by atoms with E-state index in [4.69, 9.17) is 5.10 Å². The van der Waals surface area contributed by atoms with Gasteiger partial charge < -0.3 is 15.3 Å². The molecule has 0 aromatic heterocycles. The third kappa shape index (κ3) is 8.47. The second-order valence-corrected chi connectivity index (χ2v) is 16.6. The van der Waals surface area contributed by atoms with Gasteiger partial charge in [0.1, 0.15) is 5.76 Å². The fourth-order valence-electron chi connectivity index (χ4n) is 10.2. The summed E-state index contributed by atoms with van der Waals surface area (Å²) in [5.74, 6) is 0.545. The SMILES string of the molecule is CCCCC(CC)C(=O)Nc1cc(N(CC)CC)ccc1C1=C(O)/C(=C2\C(=O)N(C(C3CCCCC3)C3CCCCC3)N=C2CCC2CCCC2)C1=O. The molecular formula is C45H66N4O4. The molecule has 4 aliphatic carbocycles. The Bertz CT molecular complexity index is 1550. The second kappa shape index (κ2) is 18.3. The molecule has 0 bridgehead atoms. The monoisotopic (exact) mass is 727 g/mol. The summed E-state index contributed by atoms with van der Waals surface area (Å²) in [6.07, 6.45) is 21.7. The molecule has 290 valence electrons. The van der Waals surface area contributed by atoms with Gasteiger partial charge in [-0.2, -0.15) is 5.10 Å². The second-order valence-electron chi connectivity index (χ2n) is 16.6. The summed E-state index contributed by atoms with van der Waals surface area (Å²) in [6.45, 7) is 9.95. The predicted molar refractivity (Wildman–Crippen MR) is 216 cm³/mol. The van der Waals surface area contributed by atoms with Gasteiger partial charge in [0.2, 0.25) is 11.7 Å². The molecule has 1 heterocycles. The Morgan fingerprint density at radius 2 is 1.49 bits per heavy atom. The van der Waals surface area contributed by atoms with Gasteiger partial charge in [0, 0.05) is 30.3 Å². The maximum absolute atomic E-state index is 14.8. The molecular weight excluding hydrogens is 661 g/mol. The van der Waals surface area contributed by atoms with Crippen molar-refractivity contribution in [3.05, 3.63) is 40.7 Å². The fourth-order valence-corrected chi connectivity index (χ4v) is 10.2. The molecule has 8 heteroatoms. The first kappa shape index (κ1) is 39.3. The minimum atomic E-state index is -0.336. The van der Waals surface area contributed by atoms with E-state index in [1.54, 1.807) is 0 Å². The third-order valence-electron chi connectivity index (χ3n) is 13.4. The molecule has 3 saturated carbocycles. The molecule has 1 atom stereocenters. The Morgan fingerprint density at radius 3 is 2.06 bits per heavy atom. The van der Waals surface area contributed by atoms with E-state index in [2.05, 4.69) is 31.0 Å². The van der Waals surface area contributed by atoms with Crippen molar-refractivity contribution in [1.29, 1.82) is 0 Å². The van der Waals surface area contributed by atoms with Crippen LogP contribution in [-0.4, -0.2) is 52.6 Å². The average Bonchev–Trinajstić information content (AvgIpc) is 3.81. The lowest BCUT2D eigenvalue weighted by Crippen LogP contribution is -2.46. The van der Waals surface area contributed by atoms with Crippen LogP contribution in [0.1, 0.15) is 162 Å². The minimum Gasteiger partial charge on any atom is -0.506 e. The van der Waals surface area contributed by atoms with Gasteiger partial charge in [-0.05, 0) is 101 Å². The number of nitrogens with one attached hydrogen (secondary N) is 1. The summed E-state index contributed by atoms with van der Waals surface area (Å²) in [5, 5.41) is 22.1. The maximum atomic E-state index is 14.8. The highest BCUT2D eigenvalue weighted by Crippen LogP contribution is 2.46. The molecule has 0 spiro atoms. The number of unbranched alkanes of at least 4 members (excludes halogenated alkanes) is 1. The van der Waals surface area contributed by atoms with Crippen molar-refractivity contribution in [1.82, 2.24) is 5.01 Å². The van der Waals surface area contributed by atoms with Crippen LogP contribution >= 0.6 is 0 Å². The molecule has 2 N–H and O–H groups in total. The number of hydrogen-bond acceptors (Lipinski definition) is 6. The number of benzene rings is 1. The standard InChI is InChI=1S/C45H66N4O4/c1-5-9-20-31(6-2)44(52)46-37-29-34(48(7-3)8-4)26-27-35(37)38-42(50)40(43(38)51)39-36(28-25-30-18-16-17-19-30)47-49(45(39)53)41(32-21-12-10-13-22-32)33-23-14-11-15-24-33/h26-27,29-33,41,50H,5-25,28H2,1-4H3,(H,46,52)/b40-39+. The maximum Gasteiger partial charge on any atom is 0.277 e. The van der Waals surface area contributed by atoms with Crippen LogP contribution in [0.25, 0.3) is 5.57 Å². The van der Waals surface area contributed by atoms with Crippen LogP contribution in [0.4, 0.5) is 11.4 Å². The summed E-state index contributed by atoms with van der Waals surface area (Å²) in [6, 6.07) is 5.78. The number of nitrogens with zero attached hydrogens (tertiary/aromatic N) is 3. The number of amides is 2. The molecule has 6 rings (SSSR count). The van der Waals surface area contributed by atoms with Crippen molar-refractivity contribution in [2.24, 2.45) is 28.8 Å². The Kier molecular flexibility index (Phi) is 13.5. The molecule has 0 saturated heterocycles. The van der Waals surface area contributed by atoms with Crippen molar-refractivity contribution < 1.29 is 19.5 Å². The van der Waals surface area contributed by atoms with Crippen LogP contribution in [0.5, 0.6) is 0 Å². The van der Waals surface area contributed by atoms with E-state index in [-0.39, 0.29) is 46.5 Å². The zero-order valence-electron chi connectivity index (χ0n) is 33.2. The number of hydrazone groups is 1. The largest absolute Gasteiger partial charge is 0.506 e. The van der Waals surface area contributed by atoms with Gasteiger partial charge in [0.25, 0.3) is 5.91 Å². The molecule has 53 heavy (non-hydrogen) atoms. The third-order valence-corrected chi connectivity index (χ3v) is 13.4. The zero-order chi connectivity index (χ0) is 37.5. The molecule has 1 aliphatic heterocycles. The Balaban J connectivity index is 1.39. The molecule has 3 fully saturated rings. The molecule has 2 amide bonds. The highest BCUT2D eigenvalue weighted by atomic mass is 16.3. The van der Waals surface area contributed by atoms with Gasteiger partial charge >= 0.3 is 0 Å². The van der Waals surface area contributed by atoms with Gasteiger partial charge in [-0.3, -0.25) is 14.4 Å². The quantitative estimate of drug-likeness (QED) is 0.165. The lowest BCUT2D eigenvalue weighted by atomic mass is 9.73. The predicted octanol–water partition coefficient (Wildman–Crippen LogP) is 10.5. The Labute approximate surface area is 318 Å². The highest BCUT2D eigenvalue weighted by Gasteiger charge is 2.48. The Hall–Kier alpha value is -3.42. The van der Waals surface area contributed by atoms with Gasteiger partial charge in [-0.1, -0.05) is 90.9 Å². The molecule has 8 nitrogen and oxygen atoms in total. The van der Waals surface area contributed by atoms with E-state index in [1.807, 2.05) is 30.1 Å². The van der Waals surface area contributed by atoms with Crippen LogP contribution < -0.4 is 10.2 Å². The van der Waals surface area contributed by atoms with E-state index >= 15 is 0 Å². The van der Waals surface area contributed by atoms with Gasteiger partial charge in [0.05, 0.1) is 34.2 Å². The molecule has 1 unspecified atom stereocenters. The zero-order valence-corrected chi connectivity index (χ0v) is 33.2. The van der Waals surface area contributed by atoms with Crippen LogP contribution in [0.2, 0.25) is 0 Å². The number of allylic oxidation sites excluding steroid dienone is 2. The molecule has 1 aromatic carbocycles. The summed E-state index contributed by atoms with van der Waals surface area (Å²) >= 11 is 0. The first-order chi connectivity index (χ1) is 25.8. The smallest absolute Gasteiger partial charge is 0.277 e. The number of Topliss-reactive ketones (excluding diaryl/α,β-unsaturated/α-hetero) is 1. The molecule has 5 aliphatic rings. The molecule has 0 radical (unpaired) electrons. The summed E-state index contributed by atoms with van der Waals surface area (Å²) in [4.78, 5) is 45.1. The summed E-state index contributed by atoms with van der Waals surface area (Å²) in [7, 11) is 0. The minimum absolute atomic E-state index is 0.0390. The number of rotatable bonds is 16. The first-order valence-electron chi connectivity index (χ1n) is 21.6. The first-order valence-corrected chi connectivity index (χ1v) is 21.6.